The zero-order valence-corrected chi connectivity index (χ0v) is 15.2. The molecule has 1 amide bonds. The molecule has 3 aromatic rings. The van der Waals surface area contributed by atoms with Gasteiger partial charge in [0.25, 0.3) is 5.91 Å². The molecule has 6 heteroatoms. The minimum absolute atomic E-state index is 0.0417. The Morgan fingerprint density at radius 2 is 1.84 bits per heavy atom. The van der Waals surface area contributed by atoms with E-state index in [4.69, 9.17) is 4.52 Å². The predicted octanol–water partition coefficient (Wildman–Crippen LogP) is 3.37. The third kappa shape index (κ3) is 3.33. The topological polar surface area (TPSA) is 64.2 Å². The summed E-state index contributed by atoms with van der Waals surface area (Å²) in [5.74, 6) is 0.706. The zero-order chi connectivity index (χ0) is 18.1. The van der Waals surface area contributed by atoms with E-state index in [1.165, 1.54) is 0 Å². The summed E-state index contributed by atoms with van der Waals surface area (Å²) in [6, 6.07) is 9.51. The van der Waals surface area contributed by atoms with Crippen LogP contribution in [0.15, 0.2) is 34.9 Å². The molecule has 0 radical (unpaired) electrons. The summed E-state index contributed by atoms with van der Waals surface area (Å²) in [7, 11) is 1.78. The van der Waals surface area contributed by atoms with Crippen LogP contribution in [0.3, 0.4) is 0 Å². The van der Waals surface area contributed by atoms with Gasteiger partial charge in [-0.05, 0) is 58.0 Å². The number of nitrogens with zero attached hydrogens (tertiary/aromatic N) is 4. The molecule has 0 saturated carbocycles. The number of hydrogen-bond acceptors (Lipinski definition) is 4. The highest BCUT2D eigenvalue weighted by molar-refractivity contribution is 5.94. The lowest BCUT2D eigenvalue weighted by molar-refractivity contribution is 0.0784. The Morgan fingerprint density at radius 3 is 2.36 bits per heavy atom. The van der Waals surface area contributed by atoms with E-state index < -0.39 is 0 Å². The Hall–Kier alpha value is -2.89. The number of amides is 1. The summed E-state index contributed by atoms with van der Waals surface area (Å²) >= 11 is 0. The van der Waals surface area contributed by atoms with Gasteiger partial charge >= 0.3 is 0 Å². The first kappa shape index (κ1) is 17.0. The van der Waals surface area contributed by atoms with Crippen LogP contribution in [0, 0.1) is 27.7 Å². The first-order valence-electron chi connectivity index (χ1n) is 8.17. The van der Waals surface area contributed by atoms with Crippen LogP contribution < -0.4 is 0 Å². The predicted molar refractivity (Wildman–Crippen MR) is 94.8 cm³/mol. The molecule has 25 heavy (non-hydrogen) atoms. The van der Waals surface area contributed by atoms with E-state index in [9.17, 15) is 4.79 Å². The SMILES string of the molecule is Cc1cc(C)n(-c2ccc(C(=O)N(C)Cc3c(C)noc3C)cc2)n1. The molecule has 3 rings (SSSR count). The molecule has 0 aliphatic rings. The molecule has 0 fully saturated rings. The number of hydrogen-bond donors (Lipinski definition) is 0. The van der Waals surface area contributed by atoms with Crippen molar-refractivity contribution >= 4 is 5.91 Å². The largest absolute Gasteiger partial charge is 0.361 e. The van der Waals surface area contributed by atoms with Crippen molar-refractivity contribution in [2.45, 2.75) is 34.2 Å². The maximum atomic E-state index is 12.7. The van der Waals surface area contributed by atoms with Crippen molar-refractivity contribution < 1.29 is 9.32 Å². The standard InChI is InChI=1S/C19H22N4O2/c1-12-10-13(2)23(20-12)17-8-6-16(7-9-17)19(24)22(5)11-18-14(3)21-25-15(18)4/h6-10H,11H2,1-5H3. The van der Waals surface area contributed by atoms with Gasteiger partial charge in [-0.25, -0.2) is 4.68 Å². The lowest BCUT2D eigenvalue weighted by atomic mass is 10.1. The van der Waals surface area contributed by atoms with Gasteiger partial charge in [0.05, 0.1) is 23.6 Å². The van der Waals surface area contributed by atoms with Gasteiger partial charge in [-0.3, -0.25) is 4.79 Å². The summed E-state index contributed by atoms with van der Waals surface area (Å²) in [6.07, 6.45) is 0. The lowest BCUT2D eigenvalue weighted by Crippen LogP contribution is -2.26. The molecule has 0 aliphatic carbocycles. The molecule has 0 aliphatic heterocycles. The van der Waals surface area contributed by atoms with Gasteiger partial charge in [0.15, 0.2) is 0 Å². The quantitative estimate of drug-likeness (QED) is 0.732. The summed E-state index contributed by atoms with van der Waals surface area (Å²) in [5.41, 5.74) is 5.38. The first-order chi connectivity index (χ1) is 11.9. The smallest absolute Gasteiger partial charge is 0.253 e. The molecule has 6 nitrogen and oxygen atoms in total. The van der Waals surface area contributed by atoms with Crippen molar-refractivity contribution in [3.8, 4) is 5.69 Å². The second-order valence-corrected chi connectivity index (χ2v) is 6.35. The molecular formula is C19H22N4O2. The maximum Gasteiger partial charge on any atom is 0.253 e. The van der Waals surface area contributed by atoms with Gasteiger partial charge in [0.2, 0.25) is 0 Å². The van der Waals surface area contributed by atoms with E-state index in [0.29, 0.717) is 12.1 Å². The van der Waals surface area contributed by atoms with Crippen LogP contribution in [0.5, 0.6) is 0 Å². The molecule has 0 N–H and O–H groups in total. The van der Waals surface area contributed by atoms with Crippen LogP contribution >= 0.6 is 0 Å². The molecular weight excluding hydrogens is 316 g/mol. The molecule has 2 heterocycles. The Morgan fingerprint density at radius 1 is 1.16 bits per heavy atom. The average molecular weight is 338 g/mol. The molecule has 0 spiro atoms. The van der Waals surface area contributed by atoms with Gasteiger partial charge in [0.1, 0.15) is 5.76 Å². The van der Waals surface area contributed by atoms with Crippen LogP contribution in [-0.2, 0) is 6.54 Å². The monoisotopic (exact) mass is 338 g/mol. The number of benzene rings is 1. The number of aromatic nitrogens is 3. The van der Waals surface area contributed by atoms with E-state index in [1.54, 1.807) is 11.9 Å². The summed E-state index contributed by atoms with van der Waals surface area (Å²) < 4.78 is 7.03. The van der Waals surface area contributed by atoms with Crippen molar-refractivity contribution in [3.63, 3.8) is 0 Å². The van der Waals surface area contributed by atoms with E-state index in [-0.39, 0.29) is 5.91 Å². The van der Waals surface area contributed by atoms with Crippen molar-refractivity contribution in [1.82, 2.24) is 19.8 Å². The van der Waals surface area contributed by atoms with Crippen molar-refractivity contribution in [2.75, 3.05) is 7.05 Å². The molecule has 130 valence electrons. The van der Waals surface area contributed by atoms with Gasteiger partial charge in [-0.1, -0.05) is 5.16 Å². The Balaban J connectivity index is 1.77. The van der Waals surface area contributed by atoms with E-state index in [1.807, 2.05) is 62.7 Å². The van der Waals surface area contributed by atoms with Gasteiger partial charge in [-0.2, -0.15) is 5.10 Å². The number of carbonyl (C=O) groups excluding carboxylic acids is 1. The normalized spacial score (nSPS) is 10.9. The first-order valence-corrected chi connectivity index (χ1v) is 8.17. The summed E-state index contributed by atoms with van der Waals surface area (Å²) in [6.45, 7) is 8.19. The zero-order valence-electron chi connectivity index (χ0n) is 15.2. The lowest BCUT2D eigenvalue weighted by Gasteiger charge is -2.17. The maximum absolute atomic E-state index is 12.7. The number of carbonyl (C=O) groups is 1. The highest BCUT2D eigenvalue weighted by atomic mass is 16.5. The second-order valence-electron chi connectivity index (χ2n) is 6.35. The van der Waals surface area contributed by atoms with E-state index in [2.05, 4.69) is 10.3 Å². The highest BCUT2D eigenvalue weighted by Gasteiger charge is 2.17. The van der Waals surface area contributed by atoms with Crippen molar-refractivity contribution in [3.05, 3.63) is 64.3 Å². The second kappa shape index (κ2) is 6.55. The third-order valence-corrected chi connectivity index (χ3v) is 4.29. The van der Waals surface area contributed by atoms with Crippen LogP contribution in [0.25, 0.3) is 5.69 Å². The van der Waals surface area contributed by atoms with Crippen molar-refractivity contribution in [1.29, 1.82) is 0 Å². The Bertz CT molecular complexity index is 887. The molecule has 0 bridgehead atoms. The Kier molecular flexibility index (Phi) is 4.44. The Labute approximate surface area is 147 Å². The highest BCUT2D eigenvalue weighted by Crippen LogP contribution is 2.17. The fourth-order valence-electron chi connectivity index (χ4n) is 2.89. The van der Waals surface area contributed by atoms with Crippen LogP contribution in [0.2, 0.25) is 0 Å². The summed E-state index contributed by atoms with van der Waals surface area (Å²) in [5, 5.41) is 8.40. The molecule has 0 unspecified atom stereocenters. The molecule has 2 aromatic heterocycles. The minimum atomic E-state index is -0.0417. The summed E-state index contributed by atoms with van der Waals surface area (Å²) in [4.78, 5) is 14.3. The fraction of sp³-hybridized carbons (Fsp3) is 0.316. The van der Waals surface area contributed by atoms with E-state index >= 15 is 0 Å². The van der Waals surface area contributed by atoms with E-state index in [0.717, 1.165) is 34.1 Å². The van der Waals surface area contributed by atoms with Gasteiger partial charge in [0, 0.05) is 23.9 Å². The van der Waals surface area contributed by atoms with Crippen LogP contribution in [-0.4, -0.2) is 32.8 Å². The third-order valence-electron chi connectivity index (χ3n) is 4.29. The fourth-order valence-corrected chi connectivity index (χ4v) is 2.89. The number of aryl methyl sites for hydroxylation is 4. The van der Waals surface area contributed by atoms with Crippen molar-refractivity contribution in [2.24, 2.45) is 0 Å². The van der Waals surface area contributed by atoms with Crippen LogP contribution in [0.4, 0.5) is 0 Å². The molecule has 1 aromatic carbocycles. The van der Waals surface area contributed by atoms with Gasteiger partial charge in [-0.15, -0.1) is 0 Å². The molecule has 0 saturated heterocycles. The minimum Gasteiger partial charge on any atom is -0.361 e. The molecule has 0 atom stereocenters. The average Bonchev–Trinajstić information content (AvgIpc) is 3.09. The van der Waals surface area contributed by atoms with Crippen LogP contribution in [0.1, 0.15) is 38.8 Å². The number of rotatable bonds is 4. The van der Waals surface area contributed by atoms with Gasteiger partial charge < -0.3 is 9.42 Å².